The Kier molecular flexibility index (Phi) is 5.95. The minimum atomic E-state index is -0.336. The maximum atomic E-state index is 12.0. The van der Waals surface area contributed by atoms with Crippen molar-refractivity contribution in [1.29, 1.82) is 0 Å². The van der Waals surface area contributed by atoms with Crippen LogP contribution in [0.25, 0.3) is 10.6 Å². The Balaban J connectivity index is 1.40. The molecule has 0 unspecified atom stereocenters. The van der Waals surface area contributed by atoms with Gasteiger partial charge in [0, 0.05) is 41.5 Å². The number of anilines is 2. The molecule has 0 fully saturated rings. The number of urea groups is 1. The van der Waals surface area contributed by atoms with E-state index >= 15 is 0 Å². The molecule has 1 aromatic heterocycles. The molecule has 0 spiro atoms. The molecule has 132 valence electrons. The van der Waals surface area contributed by atoms with Crippen molar-refractivity contribution in [2.45, 2.75) is 6.42 Å². The molecular formula is C19H18N4O2S. The van der Waals surface area contributed by atoms with E-state index in [1.54, 1.807) is 29.7 Å². The molecule has 0 saturated heterocycles. The topological polar surface area (TPSA) is 83.1 Å². The predicted molar refractivity (Wildman–Crippen MR) is 104 cm³/mol. The quantitative estimate of drug-likeness (QED) is 0.617. The van der Waals surface area contributed by atoms with Gasteiger partial charge in [-0.05, 0) is 36.4 Å². The molecule has 3 aromatic rings. The highest BCUT2D eigenvalue weighted by Gasteiger charge is 2.06. The minimum absolute atomic E-state index is 0.160. The van der Waals surface area contributed by atoms with Crippen molar-refractivity contribution in [3.05, 3.63) is 66.2 Å². The van der Waals surface area contributed by atoms with E-state index in [4.69, 9.17) is 0 Å². The zero-order valence-corrected chi connectivity index (χ0v) is 14.8. The summed E-state index contributed by atoms with van der Waals surface area (Å²) in [5, 5.41) is 11.0. The van der Waals surface area contributed by atoms with Gasteiger partial charge in [0.25, 0.3) is 0 Å². The van der Waals surface area contributed by atoms with E-state index in [0.29, 0.717) is 11.4 Å². The highest BCUT2D eigenvalue weighted by atomic mass is 32.1. The van der Waals surface area contributed by atoms with Gasteiger partial charge in [0.05, 0.1) is 0 Å². The van der Waals surface area contributed by atoms with E-state index < -0.39 is 0 Å². The van der Waals surface area contributed by atoms with Gasteiger partial charge in [0.1, 0.15) is 5.01 Å². The first-order valence-electron chi connectivity index (χ1n) is 8.10. The summed E-state index contributed by atoms with van der Waals surface area (Å²) in [4.78, 5) is 28.0. The Morgan fingerprint density at radius 1 is 0.923 bits per heavy atom. The number of benzene rings is 2. The Hall–Kier alpha value is -3.19. The van der Waals surface area contributed by atoms with Crippen LogP contribution in [0.2, 0.25) is 0 Å². The third-order valence-electron chi connectivity index (χ3n) is 3.52. The van der Waals surface area contributed by atoms with E-state index in [2.05, 4.69) is 20.9 Å². The molecule has 0 saturated carbocycles. The summed E-state index contributed by atoms with van der Waals surface area (Å²) in [5.41, 5.74) is 2.43. The molecular weight excluding hydrogens is 348 g/mol. The number of hydrogen-bond acceptors (Lipinski definition) is 4. The Labute approximate surface area is 155 Å². The highest BCUT2D eigenvalue weighted by Crippen LogP contribution is 2.23. The first kappa shape index (κ1) is 17.6. The van der Waals surface area contributed by atoms with Gasteiger partial charge in [-0.3, -0.25) is 4.79 Å². The largest absolute Gasteiger partial charge is 0.337 e. The third-order valence-corrected chi connectivity index (χ3v) is 4.34. The standard InChI is InChI=1S/C19H18N4O2S/c24-17(10-11-21-19(25)23-15-4-2-1-3-5-15)22-16-8-6-14(7-9-16)18-20-12-13-26-18/h1-9,12-13H,10-11H2,(H,22,24)(H2,21,23,25). The fourth-order valence-corrected chi connectivity index (χ4v) is 2.92. The molecule has 0 radical (unpaired) electrons. The van der Waals surface area contributed by atoms with E-state index in [-0.39, 0.29) is 24.9 Å². The van der Waals surface area contributed by atoms with Crippen molar-refractivity contribution in [3.63, 3.8) is 0 Å². The molecule has 0 bridgehead atoms. The lowest BCUT2D eigenvalue weighted by atomic mass is 10.2. The normalized spacial score (nSPS) is 10.2. The van der Waals surface area contributed by atoms with Gasteiger partial charge < -0.3 is 16.0 Å². The first-order chi connectivity index (χ1) is 12.7. The number of nitrogens with one attached hydrogen (secondary N) is 3. The van der Waals surface area contributed by atoms with E-state index in [1.807, 2.05) is 47.8 Å². The summed E-state index contributed by atoms with van der Waals surface area (Å²) < 4.78 is 0. The van der Waals surface area contributed by atoms with Crippen LogP contribution < -0.4 is 16.0 Å². The van der Waals surface area contributed by atoms with Gasteiger partial charge in [-0.1, -0.05) is 18.2 Å². The predicted octanol–water partition coefficient (Wildman–Crippen LogP) is 3.96. The lowest BCUT2D eigenvalue weighted by Crippen LogP contribution is -2.31. The van der Waals surface area contributed by atoms with Crippen LogP contribution in [0.15, 0.2) is 66.2 Å². The first-order valence-corrected chi connectivity index (χ1v) is 8.98. The Morgan fingerprint density at radius 3 is 2.35 bits per heavy atom. The number of hydrogen-bond donors (Lipinski definition) is 3. The molecule has 6 nitrogen and oxygen atoms in total. The number of para-hydroxylation sites is 1. The van der Waals surface area contributed by atoms with Crippen molar-refractivity contribution in [2.75, 3.05) is 17.2 Å². The van der Waals surface area contributed by atoms with Crippen molar-refractivity contribution < 1.29 is 9.59 Å². The second-order valence-electron chi connectivity index (χ2n) is 5.46. The molecule has 0 aliphatic rings. The van der Waals surface area contributed by atoms with Crippen LogP contribution in [0.4, 0.5) is 16.2 Å². The van der Waals surface area contributed by atoms with Crippen LogP contribution in [0, 0.1) is 0 Å². The van der Waals surface area contributed by atoms with Crippen LogP contribution in [0.3, 0.4) is 0 Å². The van der Waals surface area contributed by atoms with Crippen molar-refractivity contribution >= 4 is 34.6 Å². The molecule has 3 rings (SSSR count). The fourth-order valence-electron chi connectivity index (χ4n) is 2.27. The number of aromatic nitrogens is 1. The monoisotopic (exact) mass is 366 g/mol. The molecule has 2 aromatic carbocycles. The number of rotatable bonds is 6. The summed E-state index contributed by atoms with van der Waals surface area (Å²) in [7, 11) is 0. The van der Waals surface area contributed by atoms with Gasteiger partial charge in [-0.15, -0.1) is 11.3 Å². The van der Waals surface area contributed by atoms with Gasteiger partial charge in [0.2, 0.25) is 5.91 Å². The maximum Gasteiger partial charge on any atom is 0.319 e. The summed E-state index contributed by atoms with van der Waals surface area (Å²) >= 11 is 1.57. The molecule has 7 heteroatoms. The van der Waals surface area contributed by atoms with Crippen LogP contribution in [-0.2, 0) is 4.79 Å². The van der Waals surface area contributed by atoms with Crippen LogP contribution in [0.1, 0.15) is 6.42 Å². The summed E-state index contributed by atoms with van der Waals surface area (Å²) in [6, 6.07) is 16.3. The molecule has 0 aliphatic heterocycles. The lowest BCUT2D eigenvalue weighted by Gasteiger charge is -2.08. The van der Waals surface area contributed by atoms with Gasteiger partial charge >= 0.3 is 6.03 Å². The number of nitrogens with zero attached hydrogens (tertiary/aromatic N) is 1. The minimum Gasteiger partial charge on any atom is -0.337 e. The van der Waals surface area contributed by atoms with E-state index in [9.17, 15) is 9.59 Å². The van der Waals surface area contributed by atoms with Gasteiger partial charge in [-0.2, -0.15) is 0 Å². The van der Waals surface area contributed by atoms with Crippen LogP contribution in [0.5, 0.6) is 0 Å². The molecule has 3 amide bonds. The van der Waals surface area contributed by atoms with Gasteiger partial charge in [-0.25, -0.2) is 9.78 Å². The second kappa shape index (κ2) is 8.77. The average molecular weight is 366 g/mol. The average Bonchev–Trinajstić information content (AvgIpc) is 3.18. The summed E-state index contributed by atoms with van der Waals surface area (Å²) in [5.74, 6) is -0.160. The third kappa shape index (κ3) is 5.15. The fraction of sp³-hybridized carbons (Fsp3) is 0.105. The van der Waals surface area contributed by atoms with Crippen molar-refractivity contribution in [2.24, 2.45) is 0 Å². The number of carbonyl (C=O) groups is 2. The molecule has 1 heterocycles. The zero-order valence-electron chi connectivity index (χ0n) is 13.9. The van der Waals surface area contributed by atoms with Crippen molar-refractivity contribution in [1.82, 2.24) is 10.3 Å². The van der Waals surface area contributed by atoms with Crippen LogP contribution >= 0.6 is 11.3 Å². The summed E-state index contributed by atoms with van der Waals surface area (Å²) in [6.45, 7) is 0.252. The summed E-state index contributed by atoms with van der Waals surface area (Å²) in [6.07, 6.45) is 1.95. The van der Waals surface area contributed by atoms with E-state index in [0.717, 1.165) is 10.6 Å². The molecule has 26 heavy (non-hydrogen) atoms. The molecule has 0 aliphatic carbocycles. The SMILES string of the molecule is O=C(CCNC(=O)Nc1ccccc1)Nc1ccc(-c2nccs2)cc1. The van der Waals surface area contributed by atoms with E-state index in [1.165, 1.54) is 0 Å². The van der Waals surface area contributed by atoms with Crippen molar-refractivity contribution in [3.8, 4) is 10.6 Å². The Bertz CT molecular complexity index is 849. The second-order valence-corrected chi connectivity index (χ2v) is 6.35. The Morgan fingerprint density at radius 2 is 1.65 bits per heavy atom. The lowest BCUT2D eigenvalue weighted by molar-refractivity contribution is -0.116. The zero-order chi connectivity index (χ0) is 18.2. The number of carbonyl (C=O) groups excluding carboxylic acids is 2. The number of amides is 3. The number of thiazole rings is 1. The molecule has 3 N–H and O–H groups in total. The van der Waals surface area contributed by atoms with Gasteiger partial charge in [0.15, 0.2) is 0 Å². The van der Waals surface area contributed by atoms with Crippen LogP contribution in [-0.4, -0.2) is 23.5 Å². The highest BCUT2D eigenvalue weighted by molar-refractivity contribution is 7.13. The molecule has 0 atom stereocenters. The smallest absolute Gasteiger partial charge is 0.319 e. The maximum absolute atomic E-state index is 12.0.